The Morgan fingerprint density at radius 3 is 3.00 bits per heavy atom. The molecule has 26 heavy (non-hydrogen) atoms. The molecule has 0 bridgehead atoms. The molecule has 8 heteroatoms. The van der Waals surface area contributed by atoms with Gasteiger partial charge in [0.1, 0.15) is 11.3 Å². The second kappa shape index (κ2) is 7.38. The number of rotatable bonds is 5. The summed E-state index contributed by atoms with van der Waals surface area (Å²) in [6, 6.07) is 9.11. The highest BCUT2D eigenvalue weighted by Gasteiger charge is 2.29. The van der Waals surface area contributed by atoms with E-state index >= 15 is 0 Å². The Hall–Kier alpha value is -1.90. The number of amides is 1. The van der Waals surface area contributed by atoms with E-state index in [9.17, 15) is 4.79 Å². The number of carbonyl (C=O) groups excluding carboxylic acids is 1. The standard InChI is InChI=1S/C18H17BrN2O4S/c1-23-12-5-2-6-14-16(12)20-18(26-14)21(10-11-4-3-9-24-11)17(22)13-7-8-15(19)25-13/h2,5-8,11H,3-4,9-10H2,1H3/t11-/m1/s1. The number of aromatic nitrogens is 1. The van der Waals surface area contributed by atoms with E-state index in [1.165, 1.54) is 11.3 Å². The molecule has 1 atom stereocenters. The Balaban J connectivity index is 1.73. The largest absolute Gasteiger partial charge is 0.494 e. The lowest BCUT2D eigenvalue weighted by Crippen LogP contribution is -2.37. The monoisotopic (exact) mass is 436 g/mol. The Kier molecular flexibility index (Phi) is 4.97. The zero-order valence-electron chi connectivity index (χ0n) is 14.1. The zero-order valence-corrected chi connectivity index (χ0v) is 16.5. The zero-order chi connectivity index (χ0) is 18.1. The molecule has 0 unspecified atom stereocenters. The number of anilines is 1. The average Bonchev–Trinajstić information content (AvgIpc) is 3.38. The highest BCUT2D eigenvalue weighted by molar-refractivity contribution is 9.10. The first-order valence-corrected chi connectivity index (χ1v) is 9.89. The van der Waals surface area contributed by atoms with Crippen molar-refractivity contribution in [2.24, 2.45) is 0 Å². The van der Waals surface area contributed by atoms with Crippen LogP contribution < -0.4 is 9.64 Å². The van der Waals surface area contributed by atoms with Crippen LogP contribution in [0.2, 0.25) is 0 Å². The van der Waals surface area contributed by atoms with E-state index in [0.29, 0.717) is 22.1 Å². The van der Waals surface area contributed by atoms with Gasteiger partial charge in [-0.05, 0) is 53.0 Å². The molecular weight excluding hydrogens is 420 g/mol. The van der Waals surface area contributed by atoms with Gasteiger partial charge in [-0.1, -0.05) is 17.4 Å². The van der Waals surface area contributed by atoms with Gasteiger partial charge in [-0.2, -0.15) is 0 Å². The second-order valence-electron chi connectivity index (χ2n) is 5.96. The summed E-state index contributed by atoms with van der Waals surface area (Å²) in [6.07, 6.45) is 1.94. The molecule has 0 radical (unpaired) electrons. The van der Waals surface area contributed by atoms with Crippen LogP contribution in [0.15, 0.2) is 39.4 Å². The molecular formula is C18H17BrN2O4S. The van der Waals surface area contributed by atoms with Gasteiger partial charge in [0.25, 0.3) is 5.91 Å². The fourth-order valence-electron chi connectivity index (χ4n) is 2.99. The number of hydrogen-bond donors (Lipinski definition) is 0. The Bertz CT molecular complexity index is 932. The quantitative estimate of drug-likeness (QED) is 0.589. The third-order valence-corrected chi connectivity index (χ3v) is 5.73. The summed E-state index contributed by atoms with van der Waals surface area (Å²) in [4.78, 5) is 19.4. The minimum Gasteiger partial charge on any atom is -0.494 e. The third kappa shape index (κ3) is 3.36. The number of furan rings is 1. The lowest BCUT2D eigenvalue weighted by atomic mass is 10.2. The fourth-order valence-corrected chi connectivity index (χ4v) is 4.29. The van der Waals surface area contributed by atoms with E-state index in [1.807, 2.05) is 18.2 Å². The Morgan fingerprint density at radius 1 is 1.42 bits per heavy atom. The first kappa shape index (κ1) is 17.5. The molecule has 3 aromatic rings. The van der Waals surface area contributed by atoms with Gasteiger partial charge in [0.15, 0.2) is 15.6 Å². The van der Waals surface area contributed by atoms with Gasteiger partial charge < -0.3 is 13.9 Å². The van der Waals surface area contributed by atoms with Gasteiger partial charge in [-0.3, -0.25) is 9.69 Å². The van der Waals surface area contributed by atoms with E-state index in [4.69, 9.17) is 13.9 Å². The van der Waals surface area contributed by atoms with Crippen LogP contribution >= 0.6 is 27.3 Å². The number of nitrogens with zero attached hydrogens (tertiary/aromatic N) is 2. The van der Waals surface area contributed by atoms with Crippen LogP contribution in [0.3, 0.4) is 0 Å². The van der Waals surface area contributed by atoms with Gasteiger partial charge in [-0.25, -0.2) is 4.98 Å². The molecule has 1 aliphatic heterocycles. The smallest absolute Gasteiger partial charge is 0.295 e. The highest BCUT2D eigenvalue weighted by atomic mass is 79.9. The summed E-state index contributed by atoms with van der Waals surface area (Å²) < 4.78 is 18.1. The number of ether oxygens (including phenoxy) is 2. The fraction of sp³-hybridized carbons (Fsp3) is 0.333. The van der Waals surface area contributed by atoms with Crippen LogP contribution in [-0.2, 0) is 4.74 Å². The number of fused-ring (bicyclic) bond motifs is 1. The van der Waals surface area contributed by atoms with Crippen molar-refractivity contribution in [3.8, 4) is 5.75 Å². The van der Waals surface area contributed by atoms with Crippen LogP contribution in [0.25, 0.3) is 10.2 Å². The maximum Gasteiger partial charge on any atom is 0.295 e. The number of para-hydroxylation sites is 1. The van der Waals surface area contributed by atoms with Crippen molar-refractivity contribution >= 4 is 48.5 Å². The molecule has 1 amide bonds. The predicted octanol–water partition coefficient (Wildman–Crippen LogP) is 4.49. The number of carbonyl (C=O) groups is 1. The molecule has 1 aromatic carbocycles. The molecule has 1 aliphatic rings. The van der Waals surface area contributed by atoms with E-state index in [2.05, 4.69) is 20.9 Å². The topological polar surface area (TPSA) is 64.8 Å². The minimum absolute atomic E-state index is 0.00580. The second-order valence-corrected chi connectivity index (χ2v) is 7.75. The van der Waals surface area contributed by atoms with Crippen LogP contribution in [0.5, 0.6) is 5.75 Å². The van der Waals surface area contributed by atoms with Crippen molar-refractivity contribution in [2.75, 3.05) is 25.2 Å². The van der Waals surface area contributed by atoms with Gasteiger partial charge >= 0.3 is 0 Å². The average molecular weight is 437 g/mol. The number of benzene rings is 1. The molecule has 3 heterocycles. The first-order valence-electron chi connectivity index (χ1n) is 8.28. The van der Waals surface area contributed by atoms with Crippen molar-refractivity contribution in [2.45, 2.75) is 18.9 Å². The lowest BCUT2D eigenvalue weighted by Gasteiger charge is -2.22. The molecule has 2 aromatic heterocycles. The minimum atomic E-state index is -0.232. The van der Waals surface area contributed by atoms with Crippen molar-refractivity contribution in [1.82, 2.24) is 4.98 Å². The number of methoxy groups -OCH3 is 1. The Labute approximate surface area is 162 Å². The molecule has 0 N–H and O–H groups in total. The van der Waals surface area contributed by atoms with Gasteiger partial charge in [-0.15, -0.1) is 0 Å². The van der Waals surface area contributed by atoms with Crippen molar-refractivity contribution in [3.63, 3.8) is 0 Å². The van der Waals surface area contributed by atoms with Crippen molar-refractivity contribution < 1.29 is 18.7 Å². The molecule has 0 saturated carbocycles. The van der Waals surface area contributed by atoms with E-state index in [1.54, 1.807) is 24.1 Å². The molecule has 1 saturated heterocycles. The highest BCUT2D eigenvalue weighted by Crippen LogP contribution is 2.35. The predicted molar refractivity (Wildman–Crippen MR) is 103 cm³/mol. The van der Waals surface area contributed by atoms with Crippen molar-refractivity contribution in [1.29, 1.82) is 0 Å². The number of halogens is 1. The lowest BCUT2D eigenvalue weighted by molar-refractivity contribution is 0.0894. The van der Waals surface area contributed by atoms with Crippen molar-refractivity contribution in [3.05, 3.63) is 40.8 Å². The van der Waals surface area contributed by atoms with Gasteiger partial charge in [0.05, 0.1) is 24.5 Å². The molecule has 136 valence electrons. The molecule has 1 fully saturated rings. The maximum atomic E-state index is 13.1. The molecule has 0 aliphatic carbocycles. The molecule has 4 rings (SSSR count). The third-order valence-electron chi connectivity index (χ3n) is 4.26. The van der Waals surface area contributed by atoms with Gasteiger partial charge in [0, 0.05) is 6.61 Å². The normalized spacial score (nSPS) is 16.9. The summed E-state index contributed by atoms with van der Waals surface area (Å²) in [7, 11) is 1.61. The summed E-state index contributed by atoms with van der Waals surface area (Å²) in [6.45, 7) is 1.17. The molecule has 6 nitrogen and oxygen atoms in total. The summed E-state index contributed by atoms with van der Waals surface area (Å²) in [5.41, 5.74) is 0.751. The maximum absolute atomic E-state index is 13.1. The SMILES string of the molecule is COc1cccc2sc(N(C[C@H]3CCCO3)C(=O)c3ccc(Br)o3)nc12. The molecule has 0 spiro atoms. The number of hydrogen-bond acceptors (Lipinski definition) is 6. The van der Waals surface area contributed by atoms with E-state index in [0.717, 1.165) is 29.7 Å². The van der Waals surface area contributed by atoms with E-state index in [-0.39, 0.29) is 17.8 Å². The van der Waals surface area contributed by atoms with Gasteiger partial charge in [0.2, 0.25) is 0 Å². The van der Waals surface area contributed by atoms with E-state index < -0.39 is 0 Å². The first-order chi connectivity index (χ1) is 12.7. The number of thiazole rings is 1. The summed E-state index contributed by atoms with van der Waals surface area (Å²) in [5, 5.41) is 0.609. The van der Waals surface area contributed by atoms with Crippen LogP contribution in [0.1, 0.15) is 23.4 Å². The van der Waals surface area contributed by atoms with Crippen LogP contribution in [-0.4, -0.2) is 37.3 Å². The Morgan fingerprint density at radius 2 is 2.31 bits per heavy atom. The van der Waals surface area contributed by atoms with Crippen LogP contribution in [0.4, 0.5) is 5.13 Å². The summed E-state index contributed by atoms with van der Waals surface area (Å²) in [5.74, 6) is 0.723. The summed E-state index contributed by atoms with van der Waals surface area (Å²) >= 11 is 4.70. The van der Waals surface area contributed by atoms with Crippen LogP contribution in [0, 0.1) is 0 Å².